The average molecular weight is 358 g/mol. The number of morpholine rings is 1. The number of nitrogens with one attached hydrogen (secondary N) is 1. The number of hydrogen-bond acceptors (Lipinski definition) is 4. The molecule has 0 radical (unpaired) electrons. The Kier molecular flexibility index (Phi) is 5.93. The number of aromatic amines is 1. The molecule has 6 heteroatoms. The van der Waals surface area contributed by atoms with Crippen molar-refractivity contribution in [2.75, 3.05) is 19.7 Å². The fraction of sp³-hybridized carbons (Fsp3) is 0.500. The van der Waals surface area contributed by atoms with Crippen LogP contribution < -0.4 is 0 Å². The highest BCUT2D eigenvalue weighted by molar-refractivity contribution is 5.83. The molecule has 0 aliphatic carbocycles. The number of aryl methyl sites for hydroxylation is 1. The number of hydrogen-bond donors (Lipinski definition) is 1. The first-order valence-electron chi connectivity index (χ1n) is 9.17. The predicted octanol–water partition coefficient (Wildman–Crippen LogP) is 2.67. The van der Waals surface area contributed by atoms with Crippen LogP contribution in [-0.4, -0.2) is 53.7 Å². The van der Waals surface area contributed by atoms with E-state index in [0.29, 0.717) is 25.9 Å². The van der Waals surface area contributed by atoms with Gasteiger partial charge in [-0.05, 0) is 38.3 Å². The number of esters is 1. The molecule has 0 saturated carbocycles. The monoisotopic (exact) mass is 358 g/mol. The molecule has 0 unspecified atom stereocenters. The number of ether oxygens (including phenoxy) is 2. The first-order chi connectivity index (χ1) is 12.5. The van der Waals surface area contributed by atoms with Crippen molar-refractivity contribution in [2.24, 2.45) is 0 Å². The van der Waals surface area contributed by atoms with E-state index in [1.165, 1.54) is 10.9 Å². The summed E-state index contributed by atoms with van der Waals surface area (Å²) < 4.78 is 10.8. The molecule has 140 valence electrons. The second-order valence-electron chi connectivity index (χ2n) is 6.93. The Bertz CT molecular complexity index is 760. The maximum Gasteiger partial charge on any atom is 0.306 e. The van der Waals surface area contributed by atoms with E-state index >= 15 is 0 Å². The van der Waals surface area contributed by atoms with Crippen molar-refractivity contribution in [3.05, 3.63) is 36.0 Å². The number of benzene rings is 1. The predicted molar refractivity (Wildman–Crippen MR) is 98.8 cm³/mol. The van der Waals surface area contributed by atoms with Gasteiger partial charge in [0.2, 0.25) is 0 Å². The molecule has 1 fully saturated rings. The molecule has 2 heterocycles. The molecule has 1 N–H and O–H groups in total. The van der Waals surface area contributed by atoms with Crippen molar-refractivity contribution in [2.45, 2.75) is 45.3 Å². The molecule has 26 heavy (non-hydrogen) atoms. The summed E-state index contributed by atoms with van der Waals surface area (Å²) in [6.07, 6.45) is 3.80. The Balaban J connectivity index is 1.39. The molecule has 0 spiro atoms. The van der Waals surface area contributed by atoms with E-state index in [-0.39, 0.29) is 30.7 Å². The van der Waals surface area contributed by atoms with Gasteiger partial charge >= 0.3 is 5.97 Å². The quantitative estimate of drug-likeness (QED) is 0.806. The third-order valence-electron chi connectivity index (χ3n) is 4.63. The van der Waals surface area contributed by atoms with E-state index in [1.54, 1.807) is 4.90 Å². The summed E-state index contributed by atoms with van der Waals surface area (Å²) in [7, 11) is 0. The Morgan fingerprint density at radius 2 is 1.96 bits per heavy atom. The topological polar surface area (TPSA) is 71.6 Å². The molecule has 1 aliphatic heterocycles. The zero-order valence-electron chi connectivity index (χ0n) is 15.4. The lowest BCUT2D eigenvalue weighted by Gasteiger charge is -2.35. The fourth-order valence-corrected chi connectivity index (χ4v) is 3.45. The zero-order valence-corrected chi connectivity index (χ0v) is 15.4. The van der Waals surface area contributed by atoms with Crippen LogP contribution in [0.4, 0.5) is 0 Å². The number of nitrogens with zero attached hydrogens (tertiary/aromatic N) is 1. The number of fused-ring (bicyclic) bond motifs is 1. The molecule has 1 amide bonds. The second kappa shape index (κ2) is 8.36. The fourth-order valence-electron chi connectivity index (χ4n) is 3.45. The smallest absolute Gasteiger partial charge is 0.306 e. The number of para-hydroxylation sites is 1. The largest absolute Gasteiger partial charge is 0.456 e. The molecule has 1 aliphatic rings. The Morgan fingerprint density at radius 3 is 2.73 bits per heavy atom. The van der Waals surface area contributed by atoms with Crippen molar-refractivity contribution < 1.29 is 19.1 Å². The van der Waals surface area contributed by atoms with Gasteiger partial charge in [-0.15, -0.1) is 0 Å². The minimum atomic E-state index is -0.326. The van der Waals surface area contributed by atoms with Crippen LogP contribution >= 0.6 is 0 Å². The van der Waals surface area contributed by atoms with Crippen molar-refractivity contribution in [1.29, 1.82) is 0 Å². The van der Waals surface area contributed by atoms with Gasteiger partial charge in [0.1, 0.15) is 0 Å². The summed E-state index contributed by atoms with van der Waals surface area (Å²) in [4.78, 5) is 29.1. The molecule has 1 aromatic carbocycles. The maximum absolute atomic E-state index is 12.2. The highest BCUT2D eigenvalue weighted by atomic mass is 16.5. The normalized spacial score (nSPS) is 20.3. The molecule has 2 aromatic rings. The third kappa shape index (κ3) is 4.64. The lowest BCUT2D eigenvalue weighted by atomic mass is 10.1. The van der Waals surface area contributed by atoms with Gasteiger partial charge in [0.15, 0.2) is 6.61 Å². The van der Waals surface area contributed by atoms with Crippen molar-refractivity contribution in [3.63, 3.8) is 0 Å². The summed E-state index contributed by atoms with van der Waals surface area (Å²) in [5.41, 5.74) is 2.30. The lowest BCUT2D eigenvalue weighted by Crippen LogP contribution is -2.49. The van der Waals surface area contributed by atoms with Crippen molar-refractivity contribution in [1.82, 2.24) is 9.88 Å². The number of amides is 1. The minimum Gasteiger partial charge on any atom is -0.456 e. The molecule has 1 saturated heterocycles. The second-order valence-corrected chi connectivity index (χ2v) is 6.93. The number of rotatable bonds is 6. The number of aromatic nitrogens is 1. The van der Waals surface area contributed by atoms with Crippen LogP contribution in [0.1, 0.15) is 32.3 Å². The highest BCUT2D eigenvalue weighted by Crippen LogP contribution is 2.19. The molecule has 1 aromatic heterocycles. The molecule has 0 bridgehead atoms. The van der Waals surface area contributed by atoms with Gasteiger partial charge in [-0.25, -0.2) is 0 Å². The van der Waals surface area contributed by atoms with Gasteiger partial charge in [-0.3, -0.25) is 9.59 Å². The molecule has 6 nitrogen and oxygen atoms in total. The van der Waals surface area contributed by atoms with Gasteiger partial charge in [-0.1, -0.05) is 18.2 Å². The number of carbonyl (C=O) groups is 2. The number of carbonyl (C=O) groups excluding carboxylic acids is 2. The van der Waals surface area contributed by atoms with Gasteiger partial charge in [-0.2, -0.15) is 0 Å². The van der Waals surface area contributed by atoms with E-state index in [2.05, 4.69) is 11.1 Å². The van der Waals surface area contributed by atoms with Crippen LogP contribution in [-0.2, 0) is 25.5 Å². The lowest BCUT2D eigenvalue weighted by molar-refractivity contribution is -0.157. The van der Waals surface area contributed by atoms with Gasteiger partial charge in [0.25, 0.3) is 5.91 Å². The minimum absolute atomic E-state index is 0.00887. The number of H-pyrrole nitrogens is 1. The molecule has 2 atom stereocenters. The van der Waals surface area contributed by atoms with Gasteiger partial charge < -0.3 is 19.4 Å². The molecular formula is C20H26N2O4. The summed E-state index contributed by atoms with van der Waals surface area (Å²) >= 11 is 0. The van der Waals surface area contributed by atoms with Crippen LogP contribution in [0.15, 0.2) is 30.5 Å². The van der Waals surface area contributed by atoms with E-state index in [1.807, 2.05) is 38.2 Å². The van der Waals surface area contributed by atoms with E-state index < -0.39 is 0 Å². The SMILES string of the molecule is C[C@@H]1CN(C(=O)COC(=O)CCCc2c[nH]c3ccccc23)C[C@H](C)O1. The van der Waals surface area contributed by atoms with Gasteiger partial charge in [0.05, 0.1) is 12.2 Å². The Labute approximate surface area is 153 Å². The highest BCUT2D eigenvalue weighted by Gasteiger charge is 2.26. The Hall–Kier alpha value is -2.34. The summed E-state index contributed by atoms with van der Waals surface area (Å²) in [6.45, 7) is 4.77. The van der Waals surface area contributed by atoms with Crippen molar-refractivity contribution in [3.8, 4) is 0 Å². The maximum atomic E-state index is 12.2. The van der Waals surface area contributed by atoms with E-state index in [0.717, 1.165) is 11.9 Å². The first-order valence-corrected chi connectivity index (χ1v) is 9.17. The zero-order chi connectivity index (χ0) is 18.5. The first kappa shape index (κ1) is 18.5. The van der Waals surface area contributed by atoms with Crippen LogP contribution in [0.2, 0.25) is 0 Å². The molecule has 3 rings (SSSR count). The van der Waals surface area contributed by atoms with Crippen LogP contribution in [0.25, 0.3) is 10.9 Å². The third-order valence-corrected chi connectivity index (χ3v) is 4.63. The van der Waals surface area contributed by atoms with E-state index in [4.69, 9.17) is 9.47 Å². The average Bonchev–Trinajstić information content (AvgIpc) is 3.02. The van der Waals surface area contributed by atoms with E-state index in [9.17, 15) is 9.59 Å². The molecular weight excluding hydrogens is 332 g/mol. The summed E-state index contributed by atoms with van der Waals surface area (Å²) in [6, 6.07) is 8.11. The summed E-state index contributed by atoms with van der Waals surface area (Å²) in [5.74, 6) is -0.482. The summed E-state index contributed by atoms with van der Waals surface area (Å²) in [5, 5.41) is 1.19. The van der Waals surface area contributed by atoms with Crippen molar-refractivity contribution >= 4 is 22.8 Å². The standard InChI is InChI=1S/C20H26N2O4/c1-14-11-22(12-15(2)26-14)19(23)13-25-20(24)9-5-6-16-10-21-18-8-4-3-7-17(16)18/h3-4,7-8,10,14-15,21H,5-6,9,11-13H2,1-2H3/t14-,15+. The van der Waals surface area contributed by atoms with Crippen LogP contribution in [0.5, 0.6) is 0 Å². The van der Waals surface area contributed by atoms with Gasteiger partial charge in [0, 0.05) is 36.6 Å². The van der Waals surface area contributed by atoms with Crippen LogP contribution in [0, 0.1) is 0 Å². The Morgan fingerprint density at radius 1 is 1.23 bits per heavy atom. The van der Waals surface area contributed by atoms with Crippen LogP contribution in [0.3, 0.4) is 0 Å².